The Kier molecular flexibility index (Phi) is 1.67. The summed E-state index contributed by atoms with van der Waals surface area (Å²) in [6.07, 6.45) is 2.95. The van der Waals surface area contributed by atoms with Crippen molar-refractivity contribution in [1.82, 2.24) is 0 Å². The minimum atomic E-state index is 0.205. The molecule has 0 aliphatic heterocycles. The van der Waals surface area contributed by atoms with E-state index < -0.39 is 0 Å². The van der Waals surface area contributed by atoms with E-state index in [2.05, 4.69) is 30.3 Å². The minimum Gasteiger partial charge on any atom is -0.295 e. The smallest absolute Gasteiger partial charge is 0.160 e. The van der Waals surface area contributed by atoms with Crippen molar-refractivity contribution < 1.29 is 4.79 Å². The number of Topliss-reactive ketones (excluding diaryl/α,β-unsaturated/α-hetero) is 1. The van der Waals surface area contributed by atoms with Gasteiger partial charge < -0.3 is 0 Å². The lowest BCUT2D eigenvalue weighted by molar-refractivity contribution is 0.101. The summed E-state index contributed by atoms with van der Waals surface area (Å²) in [4.78, 5) is 12.3. The molecule has 4 aromatic rings. The normalized spacial score (nSPS) is 15.4. The van der Waals surface area contributed by atoms with Crippen molar-refractivity contribution in [2.24, 2.45) is 0 Å². The van der Waals surface area contributed by atoms with Gasteiger partial charge in [-0.1, -0.05) is 24.3 Å². The first-order valence-corrected chi connectivity index (χ1v) is 8.72. The minimum absolute atomic E-state index is 0.205. The van der Waals surface area contributed by atoms with E-state index in [1.54, 1.807) is 6.92 Å². The van der Waals surface area contributed by atoms with Crippen LogP contribution in [0.2, 0.25) is 0 Å². The van der Waals surface area contributed by atoms with Crippen molar-refractivity contribution in [3.63, 3.8) is 0 Å². The van der Waals surface area contributed by atoms with Gasteiger partial charge in [0.2, 0.25) is 0 Å². The molecular formula is C23H14O. The molecule has 0 spiro atoms. The molecule has 0 unspecified atom stereocenters. The van der Waals surface area contributed by atoms with Crippen molar-refractivity contribution in [2.45, 2.75) is 26.2 Å². The molecular weight excluding hydrogens is 292 g/mol. The van der Waals surface area contributed by atoms with Crippen molar-refractivity contribution >= 4 is 38.1 Å². The van der Waals surface area contributed by atoms with Gasteiger partial charge in [-0.25, -0.2) is 0 Å². The molecule has 0 radical (unpaired) electrons. The predicted molar refractivity (Wildman–Crippen MR) is 97.4 cm³/mol. The third-order valence-electron chi connectivity index (χ3n) is 6.53. The molecule has 3 aliphatic carbocycles. The molecule has 24 heavy (non-hydrogen) atoms. The van der Waals surface area contributed by atoms with Crippen LogP contribution < -0.4 is 0 Å². The quantitative estimate of drug-likeness (QED) is 0.306. The summed E-state index contributed by atoms with van der Waals surface area (Å²) >= 11 is 0. The highest BCUT2D eigenvalue weighted by molar-refractivity contribution is 6.34. The Balaban J connectivity index is 1.93. The van der Waals surface area contributed by atoms with Crippen molar-refractivity contribution in [1.29, 1.82) is 0 Å². The zero-order valence-corrected chi connectivity index (χ0v) is 13.4. The van der Waals surface area contributed by atoms with Crippen LogP contribution in [0.5, 0.6) is 0 Å². The Morgan fingerprint density at radius 1 is 0.667 bits per heavy atom. The lowest BCUT2D eigenvalue weighted by atomic mass is 9.92. The molecule has 0 fully saturated rings. The molecule has 0 N–H and O–H groups in total. The second kappa shape index (κ2) is 3.39. The number of benzene rings is 4. The van der Waals surface area contributed by atoms with Gasteiger partial charge in [-0.05, 0) is 98.0 Å². The van der Waals surface area contributed by atoms with Gasteiger partial charge in [0.25, 0.3) is 0 Å². The molecule has 0 saturated heterocycles. The summed E-state index contributed by atoms with van der Waals surface area (Å²) in [5, 5.41) is 8.78. The van der Waals surface area contributed by atoms with Crippen LogP contribution in [-0.4, -0.2) is 5.78 Å². The van der Waals surface area contributed by atoms with E-state index in [1.165, 1.54) is 65.7 Å². The lowest BCUT2D eigenvalue weighted by Gasteiger charge is -2.11. The number of hydrogen-bond acceptors (Lipinski definition) is 1. The fourth-order valence-corrected chi connectivity index (χ4v) is 5.69. The molecule has 0 bridgehead atoms. The number of carbonyl (C=O) groups excluding carboxylic acids is 1. The van der Waals surface area contributed by atoms with Crippen molar-refractivity contribution in [3.8, 4) is 0 Å². The van der Waals surface area contributed by atoms with Crippen molar-refractivity contribution in [3.05, 3.63) is 69.3 Å². The van der Waals surface area contributed by atoms with E-state index >= 15 is 0 Å². The van der Waals surface area contributed by atoms with Crippen LogP contribution in [0.4, 0.5) is 0 Å². The van der Waals surface area contributed by atoms with Gasteiger partial charge in [0.15, 0.2) is 5.78 Å². The van der Waals surface area contributed by atoms with Gasteiger partial charge in [0.1, 0.15) is 0 Å². The summed E-state index contributed by atoms with van der Waals surface area (Å²) in [5.74, 6) is 0.205. The summed E-state index contributed by atoms with van der Waals surface area (Å²) < 4.78 is 0. The van der Waals surface area contributed by atoms with E-state index in [0.717, 1.165) is 24.8 Å². The van der Waals surface area contributed by atoms with Crippen LogP contribution in [0.3, 0.4) is 0 Å². The molecule has 7 rings (SSSR count). The van der Waals surface area contributed by atoms with Crippen molar-refractivity contribution in [2.75, 3.05) is 0 Å². The van der Waals surface area contributed by atoms with E-state index in [9.17, 15) is 4.79 Å². The second-order valence-electron chi connectivity index (χ2n) is 7.67. The fourth-order valence-electron chi connectivity index (χ4n) is 5.69. The average molecular weight is 306 g/mol. The maximum absolute atomic E-state index is 12.3. The first-order chi connectivity index (χ1) is 11.7. The Morgan fingerprint density at radius 2 is 1.12 bits per heavy atom. The average Bonchev–Trinajstić information content (AvgIpc) is 3.21. The van der Waals surface area contributed by atoms with E-state index in [0.29, 0.717) is 0 Å². The van der Waals surface area contributed by atoms with Gasteiger partial charge >= 0.3 is 0 Å². The lowest BCUT2D eigenvalue weighted by Crippen LogP contribution is -2.00. The van der Waals surface area contributed by atoms with Gasteiger partial charge in [-0.15, -0.1) is 0 Å². The zero-order chi connectivity index (χ0) is 15.7. The summed E-state index contributed by atoms with van der Waals surface area (Å²) in [5.41, 5.74) is 9.40. The number of ketones is 1. The van der Waals surface area contributed by atoms with Crippen LogP contribution >= 0.6 is 0 Å². The maximum atomic E-state index is 12.3. The number of rotatable bonds is 1. The Bertz CT molecular complexity index is 1300. The molecule has 3 aliphatic rings. The molecule has 0 atom stereocenters. The highest BCUT2D eigenvalue weighted by Crippen LogP contribution is 2.53. The Morgan fingerprint density at radius 3 is 1.71 bits per heavy atom. The predicted octanol–water partition coefficient (Wildman–Crippen LogP) is 5.06. The monoisotopic (exact) mass is 306 g/mol. The second-order valence-corrected chi connectivity index (χ2v) is 7.67. The molecule has 112 valence electrons. The van der Waals surface area contributed by atoms with Crippen LogP contribution in [-0.2, 0) is 19.3 Å². The Hall–Kier alpha value is -2.67. The number of carbonyl (C=O) groups is 1. The van der Waals surface area contributed by atoms with E-state index in [4.69, 9.17) is 0 Å². The highest BCUT2D eigenvalue weighted by atomic mass is 16.1. The summed E-state index contributed by atoms with van der Waals surface area (Å²) in [7, 11) is 0. The number of hydrogen-bond donors (Lipinski definition) is 0. The zero-order valence-electron chi connectivity index (χ0n) is 13.4. The first-order valence-electron chi connectivity index (χ1n) is 8.72. The van der Waals surface area contributed by atoms with E-state index in [1.807, 2.05) is 0 Å². The fraction of sp³-hybridized carbons (Fsp3) is 0.174. The standard InChI is InChI=1S/C23H14O/c1-10(24)16-9-15-7-13-3-2-11-6-12-4-5-14-8-17(16)23-21(14)19(12)18(11)20(13)22(15)23/h2-5,9H,6-8H2,1H3. The topological polar surface area (TPSA) is 17.1 Å². The molecule has 0 amide bonds. The molecule has 1 heteroatoms. The van der Waals surface area contributed by atoms with Crippen LogP contribution in [0.15, 0.2) is 30.3 Å². The van der Waals surface area contributed by atoms with E-state index in [-0.39, 0.29) is 5.78 Å². The van der Waals surface area contributed by atoms with Gasteiger partial charge in [0, 0.05) is 5.56 Å². The molecule has 0 heterocycles. The van der Waals surface area contributed by atoms with Crippen LogP contribution in [0.1, 0.15) is 50.7 Å². The van der Waals surface area contributed by atoms with Crippen LogP contribution in [0, 0.1) is 0 Å². The molecule has 1 nitrogen and oxygen atoms in total. The molecule has 0 saturated carbocycles. The molecule has 4 aromatic carbocycles. The maximum Gasteiger partial charge on any atom is 0.160 e. The third-order valence-corrected chi connectivity index (χ3v) is 6.53. The third kappa shape index (κ3) is 1.03. The van der Waals surface area contributed by atoms with Gasteiger partial charge in [0.05, 0.1) is 0 Å². The highest BCUT2D eigenvalue weighted by Gasteiger charge is 2.32. The SMILES string of the molecule is CC(=O)c1cc2c3c4c(ccc5c4c4c(ccc6c4c3c1C6)C5)C2. The largest absolute Gasteiger partial charge is 0.295 e. The van der Waals surface area contributed by atoms with Gasteiger partial charge in [-0.2, -0.15) is 0 Å². The summed E-state index contributed by atoms with van der Waals surface area (Å²) in [6, 6.07) is 11.5. The summed E-state index contributed by atoms with van der Waals surface area (Å²) in [6.45, 7) is 1.72. The molecule has 0 aromatic heterocycles. The Labute approximate surface area is 138 Å². The van der Waals surface area contributed by atoms with Crippen LogP contribution in [0.25, 0.3) is 32.3 Å². The first kappa shape index (κ1) is 11.8. The van der Waals surface area contributed by atoms with Gasteiger partial charge in [-0.3, -0.25) is 4.79 Å².